The fourth-order valence-corrected chi connectivity index (χ4v) is 3.17. The van der Waals surface area contributed by atoms with Crippen LogP contribution in [0.15, 0.2) is 12.4 Å². The first-order valence-corrected chi connectivity index (χ1v) is 6.06. The molecule has 4 heteroatoms. The van der Waals surface area contributed by atoms with Gasteiger partial charge in [-0.2, -0.15) is 0 Å². The summed E-state index contributed by atoms with van der Waals surface area (Å²) in [7, 11) is 0. The highest BCUT2D eigenvalue weighted by molar-refractivity contribution is 5.44. The van der Waals surface area contributed by atoms with Gasteiger partial charge in [0.1, 0.15) is 12.1 Å². The van der Waals surface area contributed by atoms with Crippen LogP contribution in [-0.4, -0.2) is 28.1 Å². The smallest absolute Gasteiger partial charge is 0.132 e. The standard InChI is InChI=1S/C12H18N4/c1-8-4-12(15-7-14-8)16-10-2-3-11(16)6-9(13)5-10/h4,7,9-11H,2-3,5-6,13H2,1H3. The van der Waals surface area contributed by atoms with Crippen LogP contribution in [0.5, 0.6) is 0 Å². The van der Waals surface area contributed by atoms with Gasteiger partial charge in [0.15, 0.2) is 0 Å². The zero-order valence-corrected chi connectivity index (χ0v) is 9.63. The molecular weight excluding hydrogens is 200 g/mol. The van der Waals surface area contributed by atoms with Crippen molar-refractivity contribution in [1.29, 1.82) is 0 Å². The van der Waals surface area contributed by atoms with E-state index in [0.717, 1.165) is 24.4 Å². The lowest BCUT2D eigenvalue weighted by Crippen LogP contribution is -2.47. The minimum atomic E-state index is 0.386. The molecule has 1 aromatic rings. The van der Waals surface area contributed by atoms with Gasteiger partial charge in [-0.3, -0.25) is 0 Å². The Kier molecular flexibility index (Phi) is 2.32. The molecule has 2 unspecified atom stereocenters. The predicted molar refractivity (Wildman–Crippen MR) is 63.3 cm³/mol. The zero-order valence-electron chi connectivity index (χ0n) is 9.63. The molecule has 3 heterocycles. The molecule has 2 fully saturated rings. The first-order chi connectivity index (χ1) is 7.74. The molecule has 2 saturated heterocycles. The van der Waals surface area contributed by atoms with E-state index < -0.39 is 0 Å². The van der Waals surface area contributed by atoms with Crippen molar-refractivity contribution in [3.05, 3.63) is 18.1 Å². The second kappa shape index (κ2) is 3.70. The van der Waals surface area contributed by atoms with Gasteiger partial charge in [-0.15, -0.1) is 0 Å². The number of aromatic nitrogens is 2. The summed E-state index contributed by atoms with van der Waals surface area (Å²) in [6.45, 7) is 2.02. The third kappa shape index (κ3) is 1.57. The number of piperidine rings is 1. The highest BCUT2D eigenvalue weighted by atomic mass is 15.3. The lowest BCUT2D eigenvalue weighted by atomic mass is 9.98. The summed E-state index contributed by atoms with van der Waals surface area (Å²) < 4.78 is 0. The molecule has 2 aliphatic rings. The van der Waals surface area contributed by atoms with Crippen molar-refractivity contribution in [2.75, 3.05) is 4.90 Å². The molecule has 1 aromatic heterocycles. The van der Waals surface area contributed by atoms with Gasteiger partial charge in [-0.05, 0) is 32.6 Å². The Balaban J connectivity index is 1.91. The van der Waals surface area contributed by atoms with Gasteiger partial charge in [-0.1, -0.05) is 0 Å². The van der Waals surface area contributed by atoms with E-state index >= 15 is 0 Å². The fourth-order valence-electron chi connectivity index (χ4n) is 3.17. The molecule has 2 atom stereocenters. The maximum atomic E-state index is 6.07. The number of hydrogen-bond donors (Lipinski definition) is 1. The summed E-state index contributed by atoms with van der Waals surface area (Å²) in [5.41, 5.74) is 7.11. The van der Waals surface area contributed by atoms with Gasteiger partial charge in [0.2, 0.25) is 0 Å². The summed E-state index contributed by atoms with van der Waals surface area (Å²) >= 11 is 0. The third-order valence-corrected chi connectivity index (χ3v) is 3.82. The Bertz CT molecular complexity index is 378. The molecule has 0 aliphatic carbocycles. The first kappa shape index (κ1) is 10.0. The van der Waals surface area contributed by atoms with E-state index in [9.17, 15) is 0 Å². The van der Waals surface area contributed by atoms with Crippen LogP contribution in [0.2, 0.25) is 0 Å². The summed E-state index contributed by atoms with van der Waals surface area (Å²) in [5.74, 6) is 1.09. The van der Waals surface area contributed by atoms with Crippen LogP contribution in [-0.2, 0) is 0 Å². The molecule has 0 aromatic carbocycles. The molecule has 0 amide bonds. The van der Waals surface area contributed by atoms with Gasteiger partial charge in [0.05, 0.1) is 0 Å². The maximum Gasteiger partial charge on any atom is 0.132 e. The third-order valence-electron chi connectivity index (χ3n) is 3.82. The van der Waals surface area contributed by atoms with Crippen LogP contribution in [0.1, 0.15) is 31.4 Å². The molecule has 0 saturated carbocycles. The van der Waals surface area contributed by atoms with Gasteiger partial charge in [-0.25, -0.2) is 9.97 Å². The Labute approximate surface area is 95.9 Å². The van der Waals surface area contributed by atoms with Crippen LogP contribution < -0.4 is 10.6 Å². The van der Waals surface area contributed by atoms with E-state index in [1.807, 2.05) is 6.92 Å². The quantitative estimate of drug-likeness (QED) is 0.770. The van der Waals surface area contributed by atoms with E-state index in [-0.39, 0.29) is 0 Å². The average Bonchev–Trinajstić information content (AvgIpc) is 2.51. The molecule has 2 aliphatic heterocycles. The molecular formula is C12H18N4. The minimum Gasteiger partial charge on any atom is -0.350 e. The van der Waals surface area contributed by atoms with Gasteiger partial charge in [0.25, 0.3) is 0 Å². The van der Waals surface area contributed by atoms with Crippen molar-refractivity contribution in [1.82, 2.24) is 9.97 Å². The zero-order chi connectivity index (χ0) is 11.1. The Hall–Kier alpha value is -1.16. The molecule has 16 heavy (non-hydrogen) atoms. The van der Waals surface area contributed by atoms with Gasteiger partial charge >= 0.3 is 0 Å². The Morgan fingerprint density at radius 2 is 1.94 bits per heavy atom. The number of anilines is 1. The number of hydrogen-bond acceptors (Lipinski definition) is 4. The predicted octanol–water partition coefficient (Wildman–Crippen LogP) is 1.24. The molecule has 0 spiro atoms. The Morgan fingerprint density at radius 1 is 1.25 bits per heavy atom. The minimum absolute atomic E-state index is 0.386. The number of nitrogens with two attached hydrogens (primary N) is 1. The van der Waals surface area contributed by atoms with Crippen LogP contribution in [0, 0.1) is 6.92 Å². The topological polar surface area (TPSA) is 55.0 Å². The van der Waals surface area contributed by atoms with Crippen LogP contribution in [0.3, 0.4) is 0 Å². The van der Waals surface area contributed by atoms with Crippen LogP contribution in [0.4, 0.5) is 5.82 Å². The second-order valence-electron chi connectivity index (χ2n) is 5.04. The van der Waals surface area contributed by atoms with Crippen molar-refractivity contribution >= 4 is 5.82 Å². The van der Waals surface area contributed by atoms with E-state index in [1.165, 1.54) is 12.8 Å². The highest BCUT2D eigenvalue weighted by Gasteiger charge is 2.40. The van der Waals surface area contributed by atoms with Gasteiger partial charge < -0.3 is 10.6 Å². The van der Waals surface area contributed by atoms with Crippen LogP contribution in [0.25, 0.3) is 0 Å². The van der Waals surface area contributed by atoms with Crippen molar-refractivity contribution in [2.45, 2.75) is 50.7 Å². The molecule has 4 nitrogen and oxygen atoms in total. The van der Waals surface area contributed by atoms with Gasteiger partial charge in [0, 0.05) is 29.9 Å². The maximum absolute atomic E-state index is 6.07. The van der Waals surface area contributed by atoms with E-state index in [4.69, 9.17) is 5.73 Å². The Morgan fingerprint density at radius 3 is 2.56 bits per heavy atom. The molecule has 2 N–H and O–H groups in total. The number of aryl methyl sites for hydroxylation is 1. The lowest BCUT2D eigenvalue weighted by molar-refractivity contribution is 0.412. The molecule has 2 bridgehead atoms. The second-order valence-corrected chi connectivity index (χ2v) is 5.04. The summed E-state index contributed by atoms with van der Waals surface area (Å²) in [6, 6.07) is 3.67. The van der Waals surface area contributed by atoms with E-state index in [2.05, 4.69) is 20.9 Å². The highest BCUT2D eigenvalue weighted by Crippen LogP contribution is 2.37. The number of rotatable bonds is 1. The summed E-state index contributed by atoms with van der Waals surface area (Å²) in [6.07, 6.45) is 6.42. The van der Waals surface area contributed by atoms with E-state index in [0.29, 0.717) is 18.1 Å². The fraction of sp³-hybridized carbons (Fsp3) is 0.667. The SMILES string of the molecule is Cc1cc(N2C3CCC2CC(N)C3)ncn1. The van der Waals surface area contributed by atoms with Crippen LogP contribution >= 0.6 is 0 Å². The molecule has 86 valence electrons. The van der Waals surface area contributed by atoms with Crippen molar-refractivity contribution in [3.63, 3.8) is 0 Å². The number of fused-ring (bicyclic) bond motifs is 2. The molecule has 3 rings (SSSR count). The largest absolute Gasteiger partial charge is 0.350 e. The lowest BCUT2D eigenvalue weighted by Gasteiger charge is -2.38. The van der Waals surface area contributed by atoms with Crippen molar-refractivity contribution < 1.29 is 0 Å². The van der Waals surface area contributed by atoms with Crippen molar-refractivity contribution in [3.8, 4) is 0 Å². The summed E-state index contributed by atoms with van der Waals surface area (Å²) in [5, 5.41) is 0. The normalized spacial score (nSPS) is 33.1. The first-order valence-electron chi connectivity index (χ1n) is 6.06. The van der Waals surface area contributed by atoms with E-state index in [1.54, 1.807) is 6.33 Å². The number of nitrogens with zero attached hydrogens (tertiary/aromatic N) is 3. The van der Waals surface area contributed by atoms with Crippen molar-refractivity contribution in [2.24, 2.45) is 5.73 Å². The average molecular weight is 218 g/mol. The monoisotopic (exact) mass is 218 g/mol. The summed E-state index contributed by atoms with van der Waals surface area (Å²) in [4.78, 5) is 11.0. The molecule has 0 radical (unpaired) electrons.